The van der Waals surface area contributed by atoms with Gasteiger partial charge in [-0.25, -0.2) is 4.79 Å². The Kier molecular flexibility index (Phi) is 17.3. The average Bonchev–Trinajstić information content (AvgIpc) is 3.02. The zero-order valence-corrected chi connectivity index (χ0v) is 23.7. The summed E-state index contributed by atoms with van der Waals surface area (Å²) in [5.41, 5.74) is 2.87. The van der Waals surface area contributed by atoms with Crippen molar-refractivity contribution in [2.45, 2.75) is 79.5 Å². The van der Waals surface area contributed by atoms with E-state index >= 15 is 0 Å². The van der Waals surface area contributed by atoms with Crippen LogP contribution in [0.5, 0.6) is 5.75 Å². The van der Waals surface area contributed by atoms with E-state index in [9.17, 15) is 9.00 Å². The molecule has 2 atom stereocenters. The summed E-state index contributed by atoms with van der Waals surface area (Å²) in [5, 5.41) is 8.77. The molecule has 35 heavy (non-hydrogen) atoms. The number of rotatable bonds is 7. The topological polar surface area (TPSA) is 66.8 Å². The first-order valence-corrected chi connectivity index (χ1v) is 14.2. The predicted molar refractivity (Wildman–Crippen MR) is 150 cm³/mol. The van der Waals surface area contributed by atoms with Gasteiger partial charge in [0.2, 0.25) is 0 Å². The maximum atomic E-state index is 13.2. The molecule has 2 aromatic rings. The molecule has 1 N–H and O–H groups in total. The van der Waals surface area contributed by atoms with Crippen LogP contribution in [0.2, 0.25) is 0 Å². The van der Waals surface area contributed by atoms with Crippen LogP contribution in [0.15, 0.2) is 59.7 Å². The van der Waals surface area contributed by atoms with Gasteiger partial charge in [-0.3, -0.25) is 4.21 Å². The molecule has 1 aliphatic rings. The van der Waals surface area contributed by atoms with Gasteiger partial charge in [-0.2, -0.15) is 0 Å². The third-order valence-electron chi connectivity index (χ3n) is 5.06. The van der Waals surface area contributed by atoms with Gasteiger partial charge in [0, 0.05) is 18.0 Å². The molecule has 5 nitrogen and oxygen atoms in total. The molecule has 1 aliphatic heterocycles. The fraction of sp³-hybridized carbons (Fsp3) is 0.483. The zero-order chi connectivity index (χ0) is 26.8. The highest BCUT2D eigenvalue weighted by Gasteiger charge is 2.28. The maximum absolute atomic E-state index is 13.2. The van der Waals surface area contributed by atoms with Crippen LogP contribution in [0.3, 0.4) is 0 Å². The van der Waals surface area contributed by atoms with Crippen LogP contribution in [0.1, 0.15) is 73.3 Å². The number of hydrogen-bond donors (Lipinski definition) is 1. The summed E-state index contributed by atoms with van der Waals surface area (Å²) in [6.07, 6.45) is 5.38. The maximum Gasteiger partial charge on any atom is 0.331 e. The summed E-state index contributed by atoms with van der Waals surface area (Å²) in [6, 6.07) is 14.0. The lowest BCUT2D eigenvalue weighted by Crippen LogP contribution is -2.25. The van der Waals surface area contributed by atoms with Crippen LogP contribution < -0.4 is 9.64 Å². The molecule has 0 saturated carbocycles. The Morgan fingerprint density at radius 2 is 1.74 bits per heavy atom. The molecule has 3 rings (SSSR count). The van der Waals surface area contributed by atoms with E-state index in [-0.39, 0.29) is 0 Å². The third-order valence-corrected chi connectivity index (χ3v) is 6.65. The molecule has 196 valence electrons. The molecule has 2 unspecified atom stereocenters. The Bertz CT molecular complexity index is 912. The molecule has 0 amide bonds. The molecule has 0 fully saturated rings. The number of aliphatic carboxylic acids is 1. The number of benzene rings is 2. The molecular formula is C29H45NO4S. The lowest BCUT2D eigenvalue weighted by atomic mass is 10.0. The molecule has 2 aromatic carbocycles. The highest BCUT2D eigenvalue weighted by molar-refractivity contribution is 7.85. The third kappa shape index (κ3) is 10.3. The first-order chi connectivity index (χ1) is 17.0. The summed E-state index contributed by atoms with van der Waals surface area (Å²) in [5.74, 6) is 0.397. The Balaban J connectivity index is 0.00000179. The van der Waals surface area contributed by atoms with Crippen molar-refractivity contribution < 1.29 is 18.8 Å². The van der Waals surface area contributed by atoms with Crippen molar-refractivity contribution in [3.8, 4) is 5.75 Å². The van der Waals surface area contributed by atoms with Crippen molar-refractivity contribution in [3.63, 3.8) is 0 Å². The van der Waals surface area contributed by atoms with Crippen molar-refractivity contribution in [2.24, 2.45) is 5.92 Å². The fourth-order valence-electron chi connectivity index (χ4n) is 3.57. The van der Waals surface area contributed by atoms with Crippen molar-refractivity contribution >= 4 is 28.1 Å². The highest BCUT2D eigenvalue weighted by atomic mass is 32.2. The van der Waals surface area contributed by atoms with E-state index in [4.69, 9.17) is 9.84 Å². The Morgan fingerprint density at radius 1 is 1.11 bits per heavy atom. The Morgan fingerprint density at radius 3 is 2.31 bits per heavy atom. The van der Waals surface area contributed by atoms with Crippen LogP contribution >= 0.6 is 0 Å². The van der Waals surface area contributed by atoms with E-state index in [0.717, 1.165) is 60.0 Å². The van der Waals surface area contributed by atoms with Crippen molar-refractivity contribution in [3.05, 3.63) is 60.4 Å². The van der Waals surface area contributed by atoms with Crippen molar-refractivity contribution in [1.29, 1.82) is 0 Å². The number of carboxylic acid groups (broad SMARTS) is 1. The van der Waals surface area contributed by atoms with Crippen LogP contribution in [-0.4, -0.2) is 27.6 Å². The normalized spacial score (nSPS) is 16.3. The van der Waals surface area contributed by atoms with Crippen molar-refractivity contribution in [2.75, 3.05) is 17.2 Å². The highest BCUT2D eigenvalue weighted by Crippen LogP contribution is 2.39. The summed E-state index contributed by atoms with van der Waals surface area (Å²) in [4.78, 5) is 13.7. The lowest BCUT2D eigenvalue weighted by molar-refractivity contribution is -0.131. The Hall–Kier alpha value is -2.60. The minimum Gasteiger partial charge on any atom is -0.478 e. The number of para-hydroxylation sites is 1. The monoisotopic (exact) mass is 503 g/mol. The van der Waals surface area contributed by atoms with Crippen LogP contribution in [0.25, 0.3) is 0 Å². The first-order valence-electron chi connectivity index (χ1n) is 12.9. The fourth-order valence-corrected chi connectivity index (χ4v) is 5.09. The molecule has 0 radical (unpaired) electrons. The van der Waals surface area contributed by atoms with Gasteiger partial charge < -0.3 is 14.7 Å². The van der Waals surface area contributed by atoms with Gasteiger partial charge in [-0.05, 0) is 49.1 Å². The quantitative estimate of drug-likeness (QED) is 0.305. The number of ether oxygens (including phenoxy) is 1. The van der Waals surface area contributed by atoms with E-state index in [1.807, 2.05) is 72.7 Å². The molecule has 6 heteroatoms. The molecule has 0 spiro atoms. The summed E-state index contributed by atoms with van der Waals surface area (Å²) < 4.78 is 18.7. The molecular weight excluding hydrogens is 458 g/mol. The van der Waals surface area contributed by atoms with E-state index in [1.54, 1.807) is 6.07 Å². The second-order valence-corrected chi connectivity index (χ2v) is 8.78. The van der Waals surface area contributed by atoms with Gasteiger partial charge in [0.25, 0.3) is 0 Å². The summed E-state index contributed by atoms with van der Waals surface area (Å²) in [6.45, 7) is 16.9. The van der Waals surface area contributed by atoms with E-state index in [1.165, 1.54) is 0 Å². The first kappa shape index (κ1) is 32.4. The standard InChI is InChI=1S/C23H27NO4S.3C2H6/c1-3-4-8-18-15-24(19-9-6-5-7-10-19)20-13-17(2)21(28-12-11-23(25)26)14-22(20)29(27)16-18;3*1-2/h5-7,9-14,18H,3-4,8,15-16H2,1-2H3,(H,25,26);3*1-2H3/b12-11+;;;. The van der Waals surface area contributed by atoms with Crippen LogP contribution in [-0.2, 0) is 15.6 Å². The molecule has 0 saturated heterocycles. The van der Waals surface area contributed by atoms with Gasteiger partial charge >= 0.3 is 5.97 Å². The van der Waals surface area contributed by atoms with Gasteiger partial charge in [-0.1, -0.05) is 79.5 Å². The number of carboxylic acids is 1. The van der Waals surface area contributed by atoms with E-state index < -0.39 is 16.8 Å². The average molecular weight is 504 g/mol. The van der Waals surface area contributed by atoms with Gasteiger partial charge in [0.05, 0.1) is 33.7 Å². The zero-order valence-electron chi connectivity index (χ0n) is 22.8. The number of aryl methyl sites for hydroxylation is 1. The number of fused-ring (bicyclic) bond motifs is 1. The van der Waals surface area contributed by atoms with Gasteiger partial charge in [-0.15, -0.1) is 0 Å². The summed E-state index contributed by atoms with van der Waals surface area (Å²) in [7, 11) is -1.16. The van der Waals surface area contributed by atoms with Gasteiger partial charge in [0.15, 0.2) is 0 Å². The molecule has 1 heterocycles. The Labute approximate surface area is 215 Å². The number of unbranched alkanes of at least 4 members (excludes halogenated alkanes) is 1. The van der Waals surface area contributed by atoms with E-state index in [2.05, 4.69) is 24.0 Å². The van der Waals surface area contributed by atoms with Gasteiger partial charge in [0.1, 0.15) is 5.75 Å². The van der Waals surface area contributed by atoms with Crippen LogP contribution in [0.4, 0.5) is 11.4 Å². The molecule has 0 aliphatic carbocycles. The summed E-state index contributed by atoms with van der Waals surface area (Å²) >= 11 is 0. The number of carbonyl (C=O) groups is 1. The second-order valence-electron chi connectivity index (χ2n) is 7.31. The minimum atomic E-state index is -1.16. The predicted octanol–water partition coefficient (Wildman–Crippen LogP) is 8.12. The van der Waals surface area contributed by atoms with Crippen molar-refractivity contribution in [1.82, 2.24) is 0 Å². The smallest absolute Gasteiger partial charge is 0.331 e. The molecule has 0 bridgehead atoms. The second kappa shape index (κ2) is 18.7. The molecule has 0 aromatic heterocycles. The van der Waals surface area contributed by atoms with Crippen LogP contribution in [0, 0.1) is 12.8 Å². The SMILES string of the molecule is CC.CC.CC.CCCCC1CN(c2ccccc2)c2cc(C)c(O/C=C/C(=O)O)cc2S(=O)C1. The minimum absolute atomic E-state index is 0.333. The number of nitrogens with zero attached hydrogens (tertiary/aromatic N) is 1. The number of hydrogen-bond acceptors (Lipinski definition) is 4. The lowest BCUT2D eigenvalue weighted by Gasteiger charge is -2.28. The van der Waals surface area contributed by atoms with E-state index in [0.29, 0.717) is 17.4 Å². The largest absolute Gasteiger partial charge is 0.478 e. The number of anilines is 2.